The van der Waals surface area contributed by atoms with Crippen molar-refractivity contribution in [2.75, 3.05) is 37.2 Å². The average Bonchev–Trinajstić information content (AvgIpc) is 2.55. The van der Waals surface area contributed by atoms with E-state index in [1.165, 1.54) is 0 Å². The Labute approximate surface area is 156 Å². The molecule has 0 spiro atoms. The Hall–Kier alpha value is -1.31. The highest BCUT2D eigenvalue weighted by atomic mass is 35.5. The predicted molar refractivity (Wildman–Crippen MR) is 104 cm³/mol. The van der Waals surface area contributed by atoms with Gasteiger partial charge in [0.25, 0.3) is 5.91 Å². The molecule has 142 valence electrons. The van der Waals surface area contributed by atoms with Crippen LogP contribution in [-0.4, -0.2) is 51.7 Å². The van der Waals surface area contributed by atoms with Gasteiger partial charge in [0.05, 0.1) is 17.0 Å². The van der Waals surface area contributed by atoms with Gasteiger partial charge in [0.2, 0.25) is 10.0 Å². The quantitative estimate of drug-likeness (QED) is 0.750. The van der Waals surface area contributed by atoms with Gasteiger partial charge in [0.1, 0.15) is 0 Å². The molecule has 8 heteroatoms. The molecule has 1 aliphatic heterocycles. The van der Waals surface area contributed by atoms with Crippen molar-refractivity contribution < 1.29 is 13.2 Å². The van der Waals surface area contributed by atoms with Gasteiger partial charge in [-0.2, -0.15) is 0 Å². The molecular weight excluding hydrogens is 362 g/mol. The molecule has 1 aromatic carbocycles. The number of hydrogen-bond acceptors (Lipinski definition) is 4. The lowest BCUT2D eigenvalue weighted by molar-refractivity contribution is 0.0675. The van der Waals surface area contributed by atoms with E-state index in [1.807, 2.05) is 18.9 Å². The SMILES string of the molecule is CCCS(=O)(=O)Nc1ccccc1C(=O)N1CCCC(CNC)C1.Cl. The third-order valence-corrected chi connectivity index (χ3v) is 5.67. The van der Waals surface area contributed by atoms with Crippen molar-refractivity contribution in [2.24, 2.45) is 5.92 Å². The molecule has 2 rings (SSSR count). The molecule has 0 saturated carbocycles. The number of para-hydroxylation sites is 1. The number of rotatable bonds is 7. The molecular formula is C17H28ClN3O3S. The minimum atomic E-state index is -3.42. The summed E-state index contributed by atoms with van der Waals surface area (Å²) < 4.78 is 26.6. The summed E-state index contributed by atoms with van der Waals surface area (Å²) in [6, 6.07) is 6.84. The van der Waals surface area contributed by atoms with Crippen LogP contribution in [0.3, 0.4) is 0 Å². The average molecular weight is 390 g/mol. The fraction of sp³-hybridized carbons (Fsp3) is 0.588. The number of carbonyl (C=O) groups excluding carboxylic acids is 1. The number of hydrogen-bond donors (Lipinski definition) is 2. The third kappa shape index (κ3) is 6.17. The van der Waals surface area contributed by atoms with Gasteiger partial charge in [0, 0.05) is 13.1 Å². The third-order valence-electron chi connectivity index (χ3n) is 4.19. The number of carbonyl (C=O) groups is 1. The highest BCUT2D eigenvalue weighted by Gasteiger charge is 2.26. The van der Waals surface area contributed by atoms with E-state index in [0.717, 1.165) is 25.9 Å². The van der Waals surface area contributed by atoms with Crippen LogP contribution in [0.1, 0.15) is 36.5 Å². The normalized spacial score (nSPS) is 17.7. The van der Waals surface area contributed by atoms with Crippen molar-refractivity contribution in [3.05, 3.63) is 29.8 Å². The van der Waals surface area contributed by atoms with Crippen molar-refractivity contribution in [3.63, 3.8) is 0 Å². The van der Waals surface area contributed by atoms with E-state index < -0.39 is 10.0 Å². The Balaban J connectivity index is 0.00000312. The Morgan fingerprint density at radius 1 is 1.32 bits per heavy atom. The second-order valence-electron chi connectivity index (χ2n) is 6.28. The molecule has 1 heterocycles. The number of piperidine rings is 1. The maximum absolute atomic E-state index is 12.9. The van der Waals surface area contributed by atoms with E-state index in [2.05, 4.69) is 10.0 Å². The van der Waals surface area contributed by atoms with Crippen LogP contribution in [-0.2, 0) is 10.0 Å². The molecule has 2 N–H and O–H groups in total. The Bertz CT molecular complexity index is 665. The minimum Gasteiger partial charge on any atom is -0.338 e. The molecule has 1 fully saturated rings. The molecule has 0 aliphatic carbocycles. The molecule has 0 radical (unpaired) electrons. The smallest absolute Gasteiger partial charge is 0.255 e. The zero-order valence-electron chi connectivity index (χ0n) is 14.8. The first-order valence-corrected chi connectivity index (χ1v) is 10.2. The van der Waals surface area contributed by atoms with Crippen molar-refractivity contribution in [1.29, 1.82) is 0 Å². The summed E-state index contributed by atoms with van der Waals surface area (Å²) in [6.45, 7) is 4.12. The van der Waals surface area contributed by atoms with E-state index >= 15 is 0 Å². The molecule has 25 heavy (non-hydrogen) atoms. The van der Waals surface area contributed by atoms with Gasteiger partial charge in [0.15, 0.2) is 0 Å². The second-order valence-corrected chi connectivity index (χ2v) is 8.13. The number of likely N-dealkylation sites (tertiary alicyclic amines) is 1. The van der Waals surface area contributed by atoms with Gasteiger partial charge < -0.3 is 10.2 Å². The zero-order valence-corrected chi connectivity index (χ0v) is 16.5. The first-order chi connectivity index (χ1) is 11.5. The van der Waals surface area contributed by atoms with Crippen LogP contribution in [0.25, 0.3) is 0 Å². The highest BCUT2D eigenvalue weighted by molar-refractivity contribution is 7.92. The maximum atomic E-state index is 12.9. The molecule has 1 aliphatic rings. The number of nitrogens with one attached hydrogen (secondary N) is 2. The second kappa shape index (κ2) is 9.99. The molecule has 1 unspecified atom stereocenters. The van der Waals surface area contributed by atoms with Crippen molar-refractivity contribution in [1.82, 2.24) is 10.2 Å². The summed E-state index contributed by atoms with van der Waals surface area (Å²) in [4.78, 5) is 14.7. The van der Waals surface area contributed by atoms with Crippen LogP contribution in [0.4, 0.5) is 5.69 Å². The first-order valence-electron chi connectivity index (χ1n) is 8.50. The van der Waals surface area contributed by atoms with Crippen molar-refractivity contribution in [2.45, 2.75) is 26.2 Å². The van der Waals surface area contributed by atoms with Crippen molar-refractivity contribution >= 4 is 34.0 Å². The Morgan fingerprint density at radius 2 is 2.04 bits per heavy atom. The lowest BCUT2D eigenvalue weighted by Crippen LogP contribution is -2.42. The monoisotopic (exact) mass is 389 g/mol. The largest absolute Gasteiger partial charge is 0.338 e. The van der Waals surface area contributed by atoms with Gasteiger partial charge >= 0.3 is 0 Å². The molecule has 6 nitrogen and oxygen atoms in total. The fourth-order valence-corrected chi connectivity index (χ4v) is 4.27. The summed E-state index contributed by atoms with van der Waals surface area (Å²) in [5.41, 5.74) is 0.786. The first kappa shape index (κ1) is 21.7. The number of amides is 1. The van der Waals surface area contributed by atoms with Crippen LogP contribution in [0.5, 0.6) is 0 Å². The van der Waals surface area contributed by atoms with Crippen LogP contribution >= 0.6 is 12.4 Å². The van der Waals surface area contributed by atoms with E-state index in [4.69, 9.17) is 0 Å². The van der Waals surface area contributed by atoms with E-state index in [0.29, 0.717) is 30.1 Å². The van der Waals surface area contributed by atoms with Crippen LogP contribution in [0.15, 0.2) is 24.3 Å². The van der Waals surface area contributed by atoms with Gasteiger partial charge in [-0.3, -0.25) is 9.52 Å². The van der Waals surface area contributed by atoms with Crippen LogP contribution in [0, 0.1) is 5.92 Å². The molecule has 0 bridgehead atoms. The fourth-order valence-electron chi connectivity index (χ4n) is 3.12. The topological polar surface area (TPSA) is 78.5 Å². The highest BCUT2D eigenvalue weighted by Crippen LogP contribution is 2.23. The van der Waals surface area contributed by atoms with E-state index in [9.17, 15) is 13.2 Å². The van der Waals surface area contributed by atoms with E-state index in [1.54, 1.807) is 24.3 Å². The minimum absolute atomic E-state index is 0. The Morgan fingerprint density at radius 3 is 2.72 bits per heavy atom. The van der Waals surface area contributed by atoms with Gasteiger partial charge in [-0.05, 0) is 50.9 Å². The van der Waals surface area contributed by atoms with Crippen LogP contribution < -0.4 is 10.0 Å². The Kier molecular flexibility index (Phi) is 8.68. The summed E-state index contributed by atoms with van der Waals surface area (Å²) in [5.74, 6) is 0.381. The van der Waals surface area contributed by atoms with Crippen LogP contribution in [0.2, 0.25) is 0 Å². The van der Waals surface area contributed by atoms with Gasteiger partial charge in [-0.25, -0.2) is 8.42 Å². The number of benzene rings is 1. The zero-order chi connectivity index (χ0) is 17.6. The lowest BCUT2D eigenvalue weighted by Gasteiger charge is -2.33. The van der Waals surface area contributed by atoms with Gasteiger partial charge in [-0.15, -0.1) is 12.4 Å². The summed E-state index contributed by atoms with van der Waals surface area (Å²) in [6.07, 6.45) is 2.61. The number of anilines is 1. The molecule has 0 aromatic heterocycles. The molecule has 1 atom stereocenters. The lowest BCUT2D eigenvalue weighted by atomic mass is 9.97. The summed E-state index contributed by atoms with van der Waals surface area (Å²) >= 11 is 0. The van der Waals surface area contributed by atoms with E-state index in [-0.39, 0.29) is 24.1 Å². The summed E-state index contributed by atoms with van der Waals surface area (Å²) in [7, 11) is -1.51. The standard InChI is InChI=1S/C17H27N3O3S.ClH/c1-3-11-24(22,23)19-16-9-5-4-8-15(16)17(21)20-10-6-7-14(13-20)12-18-2;/h4-5,8-9,14,18-19H,3,6-7,10-13H2,1-2H3;1H. The number of halogens is 1. The molecule has 1 amide bonds. The predicted octanol–water partition coefficient (Wildman–Crippen LogP) is 2.33. The number of nitrogens with zero attached hydrogens (tertiary/aromatic N) is 1. The van der Waals surface area contributed by atoms with Crippen molar-refractivity contribution in [3.8, 4) is 0 Å². The molecule has 1 saturated heterocycles. The summed E-state index contributed by atoms with van der Waals surface area (Å²) in [5, 5.41) is 3.16. The van der Waals surface area contributed by atoms with Gasteiger partial charge in [-0.1, -0.05) is 19.1 Å². The maximum Gasteiger partial charge on any atom is 0.255 e. The molecule has 1 aromatic rings. The number of sulfonamides is 1.